The predicted octanol–water partition coefficient (Wildman–Crippen LogP) is 4.66. The van der Waals surface area contributed by atoms with Crippen molar-refractivity contribution in [2.75, 3.05) is 34.3 Å². The molecule has 1 saturated heterocycles. The third kappa shape index (κ3) is 6.07. The van der Waals surface area contributed by atoms with Crippen molar-refractivity contribution in [2.45, 2.75) is 26.0 Å². The molecule has 0 saturated carbocycles. The van der Waals surface area contributed by atoms with Crippen LogP contribution in [0.25, 0.3) is 5.76 Å². The maximum Gasteiger partial charge on any atom is 0.295 e. The van der Waals surface area contributed by atoms with Crippen molar-refractivity contribution in [3.05, 3.63) is 94.6 Å². The number of Topliss-reactive ketones (excluding diaryl/α,β-unsaturated/α-hetero) is 1. The molecule has 0 aromatic heterocycles. The van der Waals surface area contributed by atoms with Crippen molar-refractivity contribution in [2.24, 2.45) is 0 Å². The number of ketones is 1. The fraction of sp³-hybridized carbons (Fsp3) is 0.290. The van der Waals surface area contributed by atoms with E-state index in [1.54, 1.807) is 36.4 Å². The smallest absolute Gasteiger partial charge is 0.295 e. The number of aromatic hydroxyl groups is 1. The normalized spacial score (nSPS) is 16.6. The Hall–Kier alpha value is -4.30. The molecule has 0 radical (unpaired) electrons. The lowest BCUT2D eigenvalue weighted by Crippen LogP contribution is -2.32. The van der Waals surface area contributed by atoms with Crippen LogP contribution >= 0.6 is 0 Å². The number of methoxy groups -OCH3 is 1. The number of likely N-dealkylation sites (tertiary alicyclic amines) is 1. The number of aliphatic hydroxyl groups excluding tert-OH is 1. The number of carbonyl (C=O) groups excluding carboxylic acids is 2. The van der Waals surface area contributed by atoms with Gasteiger partial charge in [0.25, 0.3) is 11.7 Å². The Morgan fingerprint density at radius 3 is 2.41 bits per heavy atom. The summed E-state index contributed by atoms with van der Waals surface area (Å²) >= 11 is 0. The summed E-state index contributed by atoms with van der Waals surface area (Å²) in [5.41, 5.74) is 3.14. The summed E-state index contributed by atoms with van der Waals surface area (Å²) in [6.45, 7) is 3.46. The lowest BCUT2D eigenvalue weighted by Gasteiger charge is -2.26. The van der Waals surface area contributed by atoms with Crippen LogP contribution in [-0.2, 0) is 16.2 Å². The van der Waals surface area contributed by atoms with Gasteiger partial charge < -0.3 is 29.5 Å². The molecule has 8 heteroatoms. The van der Waals surface area contributed by atoms with Gasteiger partial charge in [0.1, 0.15) is 18.1 Å². The molecule has 1 atom stereocenters. The lowest BCUT2D eigenvalue weighted by molar-refractivity contribution is -0.139. The summed E-state index contributed by atoms with van der Waals surface area (Å²) in [7, 11) is 5.30. The van der Waals surface area contributed by atoms with Crippen molar-refractivity contribution < 1.29 is 29.3 Å². The highest BCUT2D eigenvalue weighted by atomic mass is 16.5. The van der Waals surface area contributed by atoms with Gasteiger partial charge in [-0.2, -0.15) is 0 Å². The highest BCUT2D eigenvalue weighted by Gasteiger charge is 2.46. The van der Waals surface area contributed by atoms with Gasteiger partial charge >= 0.3 is 0 Å². The van der Waals surface area contributed by atoms with E-state index in [1.165, 1.54) is 18.1 Å². The number of phenols is 1. The van der Waals surface area contributed by atoms with Crippen LogP contribution in [0.3, 0.4) is 0 Å². The van der Waals surface area contributed by atoms with E-state index in [2.05, 4.69) is 0 Å². The first kappa shape index (κ1) is 27.7. The zero-order valence-electron chi connectivity index (χ0n) is 22.7. The van der Waals surface area contributed by atoms with Crippen LogP contribution < -0.4 is 9.47 Å². The Kier molecular flexibility index (Phi) is 8.56. The standard InChI is InChI=1S/C31H34N2O6/c1-20-8-5-6-9-23(20)19-39-24-13-10-21(11-14-24)29(35)27-28(22-12-15-25(34)26(18-22)38-4)33(31(37)30(27)36)17-7-16-32(2)3/h5-6,8-15,18,28,34-35H,7,16-17,19H2,1-4H3/t28-/m1/s1. The number of aryl methyl sites for hydroxylation is 1. The molecule has 1 fully saturated rings. The van der Waals surface area contributed by atoms with Crippen molar-refractivity contribution in [3.8, 4) is 17.2 Å². The molecule has 1 aliphatic heterocycles. The van der Waals surface area contributed by atoms with Crippen molar-refractivity contribution >= 4 is 17.4 Å². The summed E-state index contributed by atoms with van der Waals surface area (Å²) in [5, 5.41) is 21.4. The van der Waals surface area contributed by atoms with E-state index in [0.29, 0.717) is 36.4 Å². The molecular formula is C31H34N2O6. The molecule has 3 aromatic rings. The minimum absolute atomic E-state index is 0.00817. The second-order valence-electron chi connectivity index (χ2n) is 9.82. The monoisotopic (exact) mass is 530 g/mol. The SMILES string of the molecule is COc1cc([C@@H]2C(=C(O)c3ccc(OCc4ccccc4C)cc3)C(=O)C(=O)N2CCCN(C)C)ccc1O. The molecule has 0 spiro atoms. The largest absolute Gasteiger partial charge is 0.507 e. The van der Waals surface area contributed by atoms with Crippen LogP contribution in [0.4, 0.5) is 0 Å². The maximum atomic E-state index is 13.3. The molecule has 1 aliphatic rings. The molecule has 39 heavy (non-hydrogen) atoms. The van der Waals surface area contributed by atoms with E-state index in [1.807, 2.05) is 50.2 Å². The molecule has 0 unspecified atom stereocenters. The van der Waals surface area contributed by atoms with Gasteiger partial charge in [-0.1, -0.05) is 30.3 Å². The summed E-state index contributed by atoms with van der Waals surface area (Å²) in [6, 6.07) is 18.6. The maximum absolute atomic E-state index is 13.3. The molecule has 8 nitrogen and oxygen atoms in total. The van der Waals surface area contributed by atoms with Crippen molar-refractivity contribution in [1.82, 2.24) is 9.80 Å². The Labute approximate surface area is 228 Å². The summed E-state index contributed by atoms with van der Waals surface area (Å²) in [4.78, 5) is 29.9. The van der Waals surface area contributed by atoms with Gasteiger partial charge in [-0.05, 0) is 87.1 Å². The number of rotatable bonds is 10. The molecule has 0 aliphatic carbocycles. The van der Waals surface area contributed by atoms with E-state index < -0.39 is 17.7 Å². The minimum atomic E-state index is -0.835. The van der Waals surface area contributed by atoms with Crippen LogP contribution in [0.2, 0.25) is 0 Å². The number of hydrogen-bond donors (Lipinski definition) is 2. The first-order chi connectivity index (χ1) is 18.7. The van der Waals surface area contributed by atoms with E-state index in [-0.39, 0.29) is 22.8 Å². The van der Waals surface area contributed by atoms with Gasteiger partial charge in [-0.3, -0.25) is 9.59 Å². The topological polar surface area (TPSA) is 99.5 Å². The van der Waals surface area contributed by atoms with Crippen LogP contribution in [-0.4, -0.2) is 66.0 Å². The summed E-state index contributed by atoms with van der Waals surface area (Å²) in [5.74, 6) is -0.946. The van der Waals surface area contributed by atoms with E-state index >= 15 is 0 Å². The summed E-state index contributed by atoms with van der Waals surface area (Å²) < 4.78 is 11.2. The molecule has 3 aromatic carbocycles. The van der Waals surface area contributed by atoms with E-state index in [0.717, 1.165) is 17.7 Å². The summed E-state index contributed by atoms with van der Waals surface area (Å²) in [6.07, 6.45) is 0.638. The zero-order valence-corrected chi connectivity index (χ0v) is 22.7. The molecule has 2 N–H and O–H groups in total. The van der Waals surface area contributed by atoms with Gasteiger partial charge in [0, 0.05) is 12.1 Å². The van der Waals surface area contributed by atoms with Crippen LogP contribution in [0.5, 0.6) is 17.2 Å². The van der Waals surface area contributed by atoms with Gasteiger partial charge in [-0.25, -0.2) is 0 Å². The molecule has 4 rings (SSSR count). The van der Waals surface area contributed by atoms with Gasteiger partial charge in [0.2, 0.25) is 0 Å². The number of carbonyl (C=O) groups is 2. The molecular weight excluding hydrogens is 496 g/mol. The lowest BCUT2D eigenvalue weighted by atomic mass is 9.95. The number of aliphatic hydroxyl groups is 1. The van der Waals surface area contributed by atoms with Crippen molar-refractivity contribution in [1.29, 1.82) is 0 Å². The number of phenolic OH excluding ortho intramolecular Hbond substituents is 1. The Morgan fingerprint density at radius 2 is 1.74 bits per heavy atom. The minimum Gasteiger partial charge on any atom is -0.507 e. The molecule has 1 amide bonds. The number of amides is 1. The highest BCUT2D eigenvalue weighted by Crippen LogP contribution is 2.42. The third-order valence-electron chi connectivity index (χ3n) is 6.85. The van der Waals surface area contributed by atoms with Crippen LogP contribution in [0, 0.1) is 6.92 Å². The quantitative estimate of drug-likeness (QED) is 0.223. The van der Waals surface area contributed by atoms with Gasteiger partial charge in [-0.15, -0.1) is 0 Å². The zero-order chi connectivity index (χ0) is 28.1. The average molecular weight is 531 g/mol. The Balaban J connectivity index is 1.67. The Morgan fingerprint density at radius 1 is 1.03 bits per heavy atom. The number of hydrogen-bond acceptors (Lipinski definition) is 7. The van der Waals surface area contributed by atoms with Gasteiger partial charge in [0.15, 0.2) is 11.5 Å². The molecule has 0 bridgehead atoms. The van der Waals surface area contributed by atoms with Crippen LogP contribution in [0.15, 0.2) is 72.3 Å². The average Bonchev–Trinajstić information content (AvgIpc) is 3.17. The Bertz CT molecular complexity index is 1380. The second-order valence-corrected chi connectivity index (χ2v) is 9.82. The van der Waals surface area contributed by atoms with Gasteiger partial charge in [0.05, 0.1) is 18.7 Å². The number of nitrogens with zero attached hydrogens (tertiary/aromatic N) is 2. The fourth-order valence-corrected chi connectivity index (χ4v) is 4.68. The fourth-order valence-electron chi connectivity index (χ4n) is 4.68. The van der Waals surface area contributed by atoms with Crippen LogP contribution in [0.1, 0.15) is 34.7 Å². The molecule has 204 valence electrons. The van der Waals surface area contributed by atoms with E-state index in [4.69, 9.17) is 9.47 Å². The molecule has 1 heterocycles. The van der Waals surface area contributed by atoms with Crippen molar-refractivity contribution in [3.63, 3.8) is 0 Å². The second kappa shape index (κ2) is 12.0. The number of ether oxygens (including phenoxy) is 2. The highest BCUT2D eigenvalue weighted by molar-refractivity contribution is 6.46. The first-order valence-electron chi connectivity index (χ1n) is 12.8. The first-order valence-corrected chi connectivity index (χ1v) is 12.8. The number of benzene rings is 3. The predicted molar refractivity (Wildman–Crippen MR) is 149 cm³/mol. The third-order valence-corrected chi connectivity index (χ3v) is 6.85. The van der Waals surface area contributed by atoms with E-state index in [9.17, 15) is 19.8 Å².